The van der Waals surface area contributed by atoms with Crippen molar-refractivity contribution in [3.05, 3.63) is 24.3 Å². The number of nitrogen functional groups attached to an aromatic ring is 1. The Morgan fingerprint density at radius 3 is 2.52 bits per heavy atom. The fourth-order valence-electron chi connectivity index (χ4n) is 1.74. The molecule has 0 radical (unpaired) electrons. The van der Waals surface area contributed by atoms with Crippen LogP contribution in [0.2, 0.25) is 0 Å². The van der Waals surface area contributed by atoms with Gasteiger partial charge >= 0.3 is 0 Å². The van der Waals surface area contributed by atoms with Gasteiger partial charge in [0.25, 0.3) is 0 Å². The SMILES string of the molecule is CCCCOCCOCCCC(=O)Nc1cccc(N)c1. The van der Waals surface area contributed by atoms with Gasteiger partial charge in [-0.15, -0.1) is 0 Å². The summed E-state index contributed by atoms with van der Waals surface area (Å²) in [6, 6.07) is 7.15. The molecule has 5 heteroatoms. The van der Waals surface area contributed by atoms with Gasteiger partial charge in [-0.2, -0.15) is 0 Å². The average Bonchev–Trinajstić information content (AvgIpc) is 2.45. The quantitative estimate of drug-likeness (QED) is 0.486. The molecule has 0 bridgehead atoms. The number of unbranched alkanes of at least 4 members (excludes halogenated alkanes) is 1. The minimum atomic E-state index is -0.0246. The molecular weight excluding hydrogens is 268 g/mol. The number of ether oxygens (including phenoxy) is 2. The molecule has 21 heavy (non-hydrogen) atoms. The van der Waals surface area contributed by atoms with Crippen LogP contribution in [-0.2, 0) is 14.3 Å². The van der Waals surface area contributed by atoms with E-state index in [-0.39, 0.29) is 5.91 Å². The minimum absolute atomic E-state index is 0.0246. The summed E-state index contributed by atoms with van der Waals surface area (Å²) in [6.45, 7) is 4.70. The third kappa shape index (κ3) is 9.05. The number of anilines is 2. The number of hydrogen-bond acceptors (Lipinski definition) is 4. The number of hydrogen-bond donors (Lipinski definition) is 2. The van der Waals surface area contributed by atoms with Gasteiger partial charge in [-0.3, -0.25) is 4.79 Å². The van der Waals surface area contributed by atoms with E-state index in [4.69, 9.17) is 15.2 Å². The smallest absolute Gasteiger partial charge is 0.224 e. The molecule has 0 saturated heterocycles. The Labute approximate surface area is 126 Å². The highest BCUT2D eigenvalue weighted by Gasteiger charge is 2.02. The van der Waals surface area contributed by atoms with Crippen LogP contribution in [-0.4, -0.2) is 32.3 Å². The van der Waals surface area contributed by atoms with Crippen molar-refractivity contribution in [3.63, 3.8) is 0 Å². The van der Waals surface area contributed by atoms with Gasteiger partial charge in [0, 0.05) is 31.0 Å². The Morgan fingerprint density at radius 1 is 1.14 bits per heavy atom. The van der Waals surface area contributed by atoms with E-state index < -0.39 is 0 Å². The highest BCUT2D eigenvalue weighted by molar-refractivity contribution is 5.91. The molecule has 0 aromatic heterocycles. The molecule has 0 aliphatic rings. The van der Waals surface area contributed by atoms with Crippen molar-refractivity contribution in [3.8, 4) is 0 Å². The van der Waals surface area contributed by atoms with Crippen LogP contribution in [0.4, 0.5) is 11.4 Å². The van der Waals surface area contributed by atoms with Gasteiger partial charge in [-0.1, -0.05) is 19.4 Å². The first-order valence-electron chi connectivity index (χ1n) is 7.53. The van der Waals surface area contributed by atoms with Gasteiger partial charge < -0.3 is 20.5 Å². The molecule has 1 aromatic rings. The van der Waals surface area contributed by atoms with Crippen molar-refractivity contribution in [1.29, 1.82) is 0 Å². The van der Waals surface area contributed by atoms with Crippen LogP contribution in [0.5, 0.6) is 0 Å². The van der Waals surface area contributed by atoms with E-state index >= 15 is 0 Å². The maximum atomic E-state index is 11.7. The van der Waals surface area contributed by atoms with E-state index in [1.807, 2.05) is 12.1 Å². The Balaban J connectivity index is 1.99. The van der Waals surface area contributed by atoms with Crippen molar-refractivity contribution >= 4 is 17.3 Å². The van der Waals surface area contributed by atoms with Crippen molar-refractivity contribution in [2.75, 3.05) is 37.5 Å². The molecule has 0 atom stereocenters. The van der Waals surface area contributed by atoms with Crippen LogP contribution in [0.15, 0.2) is 24.3 Å². The van der Waals surface area contributed by atoms with Gasteiger partial charge in [0.1, 0.15) is 0 Å². The third-order valence-corrected chi connectivity index (χ3v) is 2.88. The molecule has 0 aliphatic heterocycles. The largest absolute Gasteiger partial charge is 0.399 e. The monoisotopic (exact) mass is 294 g/mol. The summed E-state index contributed by atoms with van der Waals surface area (Å²) in [6.07, 6.45) is 3.36. The summed E-state index contributed by atoms with van der Waals surface area (Å²) < 4.78 is 10.8. The molecule has 1 aromatic carbocycles. The zero-order valence-electron chi connectivity index (χ0n) is 12.8. The van der Waals surface area contributed by atoms with Gasteiger partial charge in [0.15, 0.2) is 0 Å². The van der Waals surface area contributed by atoms with Crippen molar-refractivity contribution in [2.24, 2.45) is 0 Å². The second-order valence-corrected chi connectivity index (χ2v) is 4.86. The van der Waals surface area contributed by atoms with E-state index in [0.29, 0.717) is 38.3 Å². The Hall–Kier alpha value is -1.59. The van der Waals surface area contributed by atoms with Crippen molar-refractivity contribution in [2.45, 2.75) is 32.6 Å². The van der Waals surface area contributed by atoms with Crippen LogP contribution < -0.4 is 11.1 Å². The normalized spacial score (nSPS) is 10.5. The fraction of sp³-hybridized carbons (Fsp3) is 0.562. The predicted molar refractivity (Wildman–Crippen MR) is 85.3 cm³/mol. The van der Waals surface area contributed by atoms with Crippen LogP contribution in [0.3, 0.4) is 0 Å². The van der Waals surface area contributed by atoms with Gasteiger partial charge in [0.2, 0.25) is 5.91 Å². The van der Waals surface area contributed by atoms with Crippen LogP contribution in [0.1, 0.15) is 32.6 Å². The van der Waals surface area contributed by atoms with Crippen LogP contribution >= 0.6 is 0 Å². The summed E-state index contributed by atoms with van der Waals surface area (Å²) in [4.78, 5) is 11.7. The van der Waals surface area contributed by atoms with Crippen molar-refractivity contribution in [1.82, 2.24) is 0 Å². The Kier molecular flexibility index (Phi) is 9.24. The Bertz CT molecular complexity index is 410. The first kappa shape index (κ1) is 17.5. The molecule has 0 fully saturated rings. The summed E-state index contributed by atoms with van der Waals surface area (Å²) in [5.41, 5.74) is 7.01. The van der Waals surface area contributed by atoms with E-state index in [1.165, 1.54) is 0 Å². The number of nitrogens with two attached hydrogens (primary N) is 1. The molecule has 1 rings (SSSR count). The maximum Gasteiger partial charge on any atom is 0.224 e. The maximum absolute atomic E-state index is 11.7. The van der Waals surface area contributed by atoms with Crippen LogP contribution in [0.25, 0.3) is 0 Å². The minimum Gasteiger partial charge on any atom is -0.399 e. The first-order chi connectivity index (χ1) is 10.2. The molecule has 0 spiro atoms. The lowest BCUT2D eigenvalue weighted by Crippen LogP contribution is -2.13. The number of nitrogens with one attached hydrogen (secondary N) is 1. The number of carbonyl (C=O) groups excluding carboxylic acids is 1. The molecule has 0 unspecified atom stereocenters. The van der Waals surface area contributed by atoms with Gasteiger partial charge in [-0.25, -0.2) is 0 Å². The number of carbonyl (C=O) groups is 1. The second-order valence-electron chi connectivity index (χ2n) is 4.86. The summed E-state index contributed by atoms with van der Waals surface area (Å²) in [7, 11) is 0. The van der Waals surface area contributed by atoms with Gasteiger partial charge in [0.05, 0.1) is 13.2 Å². The lowest BCUT2D eigenvalue weighted by molar-refractivity contribution is -0.116. The first-order valence-corrected chi connectivity index (χ1v) is 7.53. The third-order valence-electron chi connectivity index (χ3n) is 2.88. The van der Waals surface area contributed by atoms with E-state index in [0.717, 1.165) is 25.1 Å². The average molecular weight is 294 g/mol. The highest BCUT2D eigenvalue weighted by atomic mass is 16.5. The molecular formula is C16H26N2O3. The highest BCUT2D eigenvalue weighted by Crippen LogP contribution is 2.12. The lowest BCUT2D eigenvalue weighted by atomic mass is 10.2. The van der Waals surface area contributed by atoms with Crippen LogP contribution in [0, 0.1) is 0 Å². The predicted octanol–water partition coefficient (Wildman–Crippen LogP) is 2.82. The molecule has 0 heterocycles. The molecule has 3 N–H and O–H groups in total. The fourth-order valence-corrected chi connectivity index (χ4v) is 1.74. The number of benzene rings is 1. The standard InChI is InChI=1S/C16H26N2O3/c1-2-3-9-20-11-12-21-10-5-8-16(19)18-15-7-4-6-14(17)13-15/h4,6-7,13H,2-3,5,8-12,17H2,1H3,(H,18,19). The molecule has 5 nitrogen and oxygen atoms in total. The summed E-state index contributed by atoms with van der Waals surface area (Å²) >= 11 is 0. The molecule has 1 amide bonds. The van der Waals surface area contributed by atoms with E-state index in [9.17, 15) is 4.79 Å². The lowest BCUT2D eigenvalue weighted by Gasteiger charge is -2.07. The zero-order valence-corrected chi connectivity index (χ0v) is 12.8. The molecule has 118 valence electrons. The van der Waals surface area contributed by atoms with E-state index in [1.54, 1.807) is 12.1 Å². The number of rotatable bonds is 11. The second kappa shape index (κ2) is 11.1. The molecule has 0 aliphatic carbocycles. The summed E-state index contributed by atoms with van der Waals surface area (Å²) in [5.74, 6) is -0.0246. The Morgan fingerprint density at radius 2 is 1.86 bits per heavy atom. The van der Waals surface area contributed by atoms with Gasteiger partial charge in [-0.05, 0) is 31.0 Å². The summed E-state index contributed by atoms with van der Waals surface area (Å²) in [5, 5.41) is 2.81. The van der Waals surface area contributed by atoms with Crippen molar-refractivity contribution < 1.29 is 14.3 Å². The number of amides is 1. The van der Waals surface area contributed by atoms with E-state index in [2.05, 4.69) is 12.2 Å². The molecule has 0 saturated carbocycles. The zero-order chi connectivity index (χ0) is 15.3. The topological polar surface area (TPSA) is 73.6 Å².